The van der Waals surface area contributed by atoms with Crippen molar-refractivity contribution in [3.8, 4) is 0 Å². The smallest absolute Gasteiger partial charge is 0.302 e. The molecule has 0 unspecified atom stereocenters. The van der Waals surface area contributed by atoms with Gasteiger partial charge in [0.1, 0.15) is 12.2 Å². The van der Waals surface area contributed by atoms with Crippen LogP contribution in [0.2, 0.25) is 0 Å². The number of carbonyl (C=O) groups excluding carboxylic acids is 2. The van der Waals surface area contributed by atoms with Gasteiger partial charge in [-0.2, -0.15) is 0 Å². The highest BCUT2D eigenvalue weighted by atomic mass is 16.5. The van der Waals surface area contributed by atoms with E-state index in [1.165, 1.54) is 19.4 Å². The predicted molar refractivity (Wildman–Crippen MR) is 103 cm³/mol. The van der Waals surface area contributed by atoms with Crippen LogP contribution in [0.5, 0.6) is 0 Å². The van der Waals surface area contributed by atoms with Gasteiger partial charge in [-0.15, -0.1) is 0 Å². The Hall–Kier alpha value is -1.85. The molecule has 28 heavy (non-hydrogen) atoms. The summed E-state index contributed by atoms with van der Waals surface area (Å²) < 4.78 is 11.4. The number of oxime groups is 1. The Kier molecular flexibility index (Phi) is 5.00. The zero-order valence-corrected chi connectivity index (χ0v) is 17.0. The van der Waals surface area contributed by atoms with E-state index in [0.717, 1.165) is 38.5 Å². The van der Waals surface area contributed by atoms with Crippen LogP contribution in [0.25, 0.3) is 0 Å². The second-order valence-electron chi connectivity index (χ2n) is 9.38. The molecular formula is C22H31NO5. The highest BCUT2D eigenvalue weighted by Crippen LogP contribution is 2.62. The van der Waals surface area contributed by atoms with Crippen molar-refractivity contribution in [2.24, 2.45) is 34.2 Å². The van der Waals surface area contributed by atoms with Gasteiger partial charge in [0.05, 0.1) is 5.71 Å². The summed E-state index contributed by atoms with van der Waals surface area (Å²) in [5, 5.41) is 12.7. The lowest BCUT2D eigenvalue weighted by molar-refractivity contribution is -0.158. The van der Waals surface area contributed by atoms with Gasteiger partial charge in [0.25, 0.3) is 0 Å². The van der Waals surface area contributed by atoms with Crippen molar-refractivity contribution in [1.29, 1.82) is 0 Å². The molecule has 7 atom stereocenters. The maximum absolute atomic E-state index is 11.7. The van der Waals surface area contributed by atoms with E-state index in [0.29, 0.717) is 29.9 Å². The van der Waals surface area contributed by atoms with Crippen molar-refractivity contribution >= 4 is 17.7 Å². The number of hydrogen-bond acceptors (Lipinski definition) is 6. The Labute approximate surface area is 166 Å². The van der Waals surface area contributed by atoms with E-state index in [1.807, 2.05) is 6.08 Å². The Bertz CT molecular complexity index is 728. The minimum absolute atomic E-state index is 0.0247. The van der Waals surface area contributed by atoms with Crippen molar-refractivity contribution in [3.63, 3.8) is 0 Å². The number of fused-ring (bicyclic) bond motifs is 5. The van der Waals surface area contributed by atoms with Crippen LogP contribution >= 0.6 is 0 Å². The SMILES string of the molecule is CC(=O)O[C@H]1C/C(=N/O)C=C2CC[C@@H]3[C@H](CC[C@]4(C)[C@@H](OC(C)=O)CC[C@@H]34)[C@H]21. The number of carbonyl (C=O) groups is 2. The summed E-state index contributed by atoms with van der Waals surface area (Å²) in [4.78, 5) is 23.3. The lowest BCUT2D eigenvalue weighted by Crippen LogP contribution is -2.51. The van der Waals surface area contributed by atoms with E-state index < -0.39 is 0 Å². The summed E-state index contributed by atoms with van der Waals surface area (Å²) in [7, 11) is 0. The minimum atomic E-state index is -0.276. The van der Waals surface area contributed by atoms with Gasteiger partial charge in [-0.25, -0.2) is 0 Å². The van der Waals surface area contributed by atoms with Crippen molar-refractivity contribution in [1.82, 2.24) is 0 Å². The first-order chi connectivity index (χ1) is 13.3. The predicted octanol–water partition coefficient (Wildman–Crippen LogP) is 3.86. The Balaban J connectivity index is 1.62. The fourth-order valence-electron chi connectivity index (χ4n) is 6.99. The molecule has 4 rings (SSSR count). The lowest BCUT2D eigenvalue weighted by Gasteiger charge is -2.54. The normalized spacial score (nSPS) is 43.4. The van der Waals surface area contributed by atoms with Crippen LogP contribution in [0.3, 0.4) is 0 Å². The average molecular weight is 389 g/mol. The van der Waals surface area contributed by atoms with Gasteiger partial charge >= 0.3 is 11.9 Å². The molecule has 1 N–H and O–H groups in total. The molecule has 0 aromatic carbocycles. The van der Waals surface area contributed by atoms with Crippen LogP contribution in [-0.4, -0.2) is 35.1 Å². The van der Waals surface area contributed by atoms with E-state index in [1.54, 1.807) is 0 Å². The highest BCUT2D eigenvalue weighted by Gasteiger charge is 2.58. The van der Waals surface area contributed by atoms with Gasteiger partial charge in [-0.05, 0) is 62.4 Å². The van der Waals surface area contributed by atoms with Crippen LogP contribution < -0.4 is 0 Å². The van der Waals surface area contributed by atoms with Gasteiger partial charge in [0.2, 0.25) is 0 Å². The molecule has 0 spiro atoms. The Morgan fingerprint density at radius 3 is 2.54 bits per heavy atom. The van der Waals surface area contributed by atoms with Crippen LogP contribution in [0.15, 0.2) is 16.8 Å². The van der Waals surface area contributed by atoms with Crippen LogP contribution in [0.4, 0.5) is 0 Å². The summed E-state index contributed by atoms with van der Waals surface area (Å²) in [6.07, 6.45) is 8.47. The molecule has 0 aromatic rings. The fraction of sp³-hybridized carbons (Fsp3) is 0.773. The van der Waals surface area contributed by atoms with Crippen LogP contribution in [-0.2, 0) is 19.1 Å². The number of ether oxygens (including phenoxy) is 2. The van der Waals surface area contributed by atoms with E-state index in [-0.39, 0.29) is 35.5 Å². The lowest BCUT2D eigenvalue weighted by atomic mass is 9.51. The van der Waals surface area contributed by atoms with E-state index >= 15 is 0 Å². The first-order valence-corrected chi connectivity index (χ1v) is 10.6. The molecule has 3 saturated carbocycles. The Morgan fingerprint density at radius 1 is 1.11 bits per heavy atom. The second-order valence-corrected chi connectivity index (χ2v) is 9.38. The second kappa shape index (κ2) is 7.20. The summed E-state index contributed by atoms with van der Waals surface area (Å²) in [6, 6.07) is 0. The quantitative estimate of drug-likeness (QED) is 0.440. The summed E-state index contributed by atoms with van der Waals surface area (Å²) in [5.41, 5.74) is 1.93. The number of rotatable bonds is 2. The third-order valence-corrected chi connectivity index (χ3v) is 7.98. The van der Waals surface area contributed by atoms with Gasteiger partial charge in [-0.1, -0.05) is 17.7 Å². The first-order valence-electron chi connectivity index (χ1n) is 10.6. The average Bonchev–Trinajstić information content (AvgIpc) is 2.96. The molecule has 4 aliphatic carbocycles. The molecule has 3 fully saturated rings. The highest BCUT2D eigenvalue weighted by molar-refractivity contribution is 5.96. The molecule has 4 aliphatic rings. The van der Waals surface area contributed by atoms with Crippen LogP contribution in [0, 0.1) is 29.1 Å². The van der Waals surface area contributed by atoms with E-state index in [4.69, 9.17) is 9.47 Å². The molecule has 0 saturated heterocycles. The van der Waals surface area contributed by atoms with Crippen molar-refractivity contribution < 1.29 is 24.3 Å². The molecule has 0 aliphatic heterocycles. The first kappa shape index (κ1) is 19.5. The standard InChI is InChI=1S/C22H31NO5/c1-12(24)27-19-11-15(23-26)10-14-4-5-16-17(21(14)19)8-9-22(3)18(16)6-7-20(22)28-13(2)25/h10,16-21,26H,4-9,11H2,1-3H3/b23-15+/t16-,17+,18+,19+,20+,21+,22+/m1/s1. The maximum Gasteiger partial charge on any atom is 0.302 e. The minimum Gasteiger partial charge on any atom is -0.462 e. The molecular weight excluding hydrogens is 358 g/mol. The fourth-order valence-corrected chi connectivity index (χ4v) is 6.99. The number of allylic oxidation sites excluding steroid dienone is 1. The molecule has 0 aromatic heterocycles. The van der Waals surface area contributed by atoms with Gasteiger partial charge in [-0.3, -0.25) is 9.59 Å². The van der Waals surface area contributed by atoms with E-state index in [2.05, 4.69) is 12.1 Å². The molecule has 0 radical (unpaired) electrons. The molecule has 0 bridgehead atoms. The zero-order valence-electron chi connectivity index (χ0n) is 17.0. The number of esters is 2. The topological polar surface area (TPSA) is 85.2 Å². The molecule has 0 amide bonds. The molecule has 6 nitrogen and oxygen atoms in total. The summed E-state index contributed by atoms with van der Waals surface area (Å²) in [6.45, 7) is 5.26. The Morgan fingerprint density at radius 2 is 1.86 bits per heavy atom. The summed E-state index contributed by atoms with van der Waals surface area (Å²) in [5.74, 6) is 1.34. The van der Waals surface area contributed by atoms with Gasteiger partial charge < -0.3 is 14.7 Å². The third kappa shape index (κ3) is 3.15. The molecule has 0 heterocycles. The monoisotopic (exact) mass is 389 g/mol. The largest absolute Gasteiger partial charge is 0.462 e. The molecule has 154 valence electrons. The van der Waals surface area contributed by atoms with Crippen molar-refractivity contribution in [2.45, 2.75) is 77.9 Å². The maximum atomic E-state index is 11.7. The van der Waals surface area contributed by atoms with Crippen molar-refractivity contribution in [2.75, 3.05) is 0 Å². The number of hydrogen-bond donors (Lipinski definition) is 1. The third-order valence-electron chi connectivity index (χ3n) is 7.98. The van der Waals surface area contributed by atoms with Crippen LogP contribution in [0.1, 0.15) is 65.7 Å². The zero-order chi connectivity index (χ0) is 20.1. The van der Waals surface area contributed by atoms with E-state index in [9.17, 15) is 14.8 Å². The van der Waals surface area contributed by atoms with Crippen molar-refractivity contribution in [3.05, 3.63) is 11.6 Å². The molecule has 6 heteroatoms. The van der Waals surface area contributed by atoms with Gasteiger partial charge in [0, 0.05) is 31.6 Å². The number of nitrogens with zero attached hydrogens (tertiary/aromatic N) is 1. The summed E-state index contributed by atoms with van der Waals surface area (Å²) >= 11 is 0. The van der Waals surface area contributed by atoms with Gasteiger partial charge in [0.15, 0.2) is 0 Å².